The van der Waals surface area contributed by atoms with Gasteiger partial charge in [0.15, 0.2) is 0 Å². The first-order valence-electron chi connectivity index (χ1n) is 8.50. The van der Waals surface area contributed by atoms with Crippen molar-refractivity contribution in [3.63, 3.8) is 0 Å². The second-order valence-corrected chi connectivity index (χ2v) is 8.71. The maximum absolute atomic E-state index is 12.2. The summed E-state index contributed by atoms with van der Waals surface area (Å²) in [5, 5.41) is 6.10. The topological polar surface area (TPSA) is 87.3 Å². The number of carbonyl (C=O) groups is 1. The van der Waals surface area contributed by atoms with Crippen molar-refractivity contribution < 1.29 is 13.2 Å². The molecule has 1 aliphatic heterocycles. The lowest BCUT2D eigenvalue weighted by atomic mass is 9.92. The van der Waals surface area contributed by atoms with Crippen LogP contribution in [0.2, 0.25) is 0 Å². The molecule has 1 atom stereocenters. The molecule has 1 saturated heterocycles. The Morgan fingerprint density at radius 1 is 1.20 bits per heavy atom. The zero-order valence-electron chi connectivity index (χ0n) is 14.2. The fourth-order valence-electron chi connectivity index (χ4n) is 3.49. The zero-order valence-corrected chi connectivity index (χ0v) is 15.8. The van der Waals surface area contributed by atoms with Gasteiger partial charge in [-0.2, -0.15) is 0 Å². The average molecular weight is 388 g/mol. The van der Waals surface area contributed by atoms with E-state index < -0.39 is 10.0 Å². The molecule has 1 aliphatic carbocycles. The van der Waals surface area contributed by atoms with E-state index >= 15 is 0 Å². The molecule has 0 aromatic heterocycles. The molecule has 1 heterocycles. The van der Waals surface area contributed by atoms with Crippen molar-refractivity contribution in [2.24, 2.45) is 11.3 Å². The van der Waals surface area contributed by atoms with Gasteiger partial charge in [0.05, 0.1) is 5.75 Å². The highest BCUT2D eigenvalue weighted by Crippen LogP contribution is 2.58. The van der Waals surface area contributed by atoms with Crippen LogP contribution in [-0.2, 0) is 21.4 Å². The first-order chi connectivity index (χ1) is 11.5. The number of nitrogens with one attached hydrogen (secondary N) is 3. The van der Waals surface area contributed by atoms with Gasteiger partial charge in [0.25, 0.3) is 0 Å². The predicted octanol–water partition coefficient (Wildman–Crippen LogP) is 1.03. The second-order valence-electron chi connectivity index (χ2n) is 6.79. The molecule has 140 valence electrons. The highest BCUT2D eigenvalue weighted by Gasteiger charge is 2.57. The Hall–Kier alpha value is -1.15. The van der Waals surface area contributed by atoms with Crippen LogP contribution in [0.3, 0.4) is 0 Å². The Kier molecular flexibility index (Phi) is 6.85. The fraction of sp³-hybridized carbons (Fsp3) is 0.588. The highest BCUT2D eigenvalue weighted by molar-refractivity contribution is 7.89. The first kappa shape index (κ1) is 20.2. The summed E-state index contributed by atoms with van der Waals surface area (Å²) in [4.78, 5) is 12.2. The standard InChI is InChI=1S/C17H25N3O3S.ClH/c21-16(15-12-17(15)6-8-18-9-7-17)19-10-11-24(22,23)20-13-14-4-2-1-3-5-14;/h1-5,15,18,20H,6-13H2,(H,19,21);1H. The summed E-state index contributed by atoms with van der Waals surface area (Å²) in [7, 11) is -3.39. The van der Waals surface area contributed by atoms with Crippen molar-refractivity contribution in [3.05, 3.63) is 35.9 Å². The van der Waals surface area contributed by atoms with Crippen LogP contribution in [0.5, 0.6) is 0 Å². The van der Waals surface area contributed by atoms with Gasteiger partial charge in [-0.1, -0.05) is 30.3 Å². The molecule has 2 fully saturated rings. The van der Waals surface area contributed by atoms with Gasteiger partial charge in [0, 0.05) is 19.0 Å². The molecular formula is C17H26ClN3O3S. The zero-order chi connectivity index (χ0) is 17.0. The molecule has 8 heteroatoms. The van der Waals surface area contributed by atoms with E-state index in [1.807, 2.05) is 30.3 Å². The molecule has 25 heavy (non-hydrogen) atoms. The molecule has 3 rings (SSSR count). The van der Waals surface area contributed by atoms with Crippen LogP contribution in [0.4, 0.5) is 0 Å². The lowest BCUT2D eigenvalue weighted by molar-refractivity contribution is -0.123. The highest BCUT2D eigenvalue weighted by atomic mass is 35.5. The number of hydrogen-bond acceptors (Lipinski definition) is 4. The van der Waals surface area contributed by atoms with Crippen molar-refractivity contribution in [1.82, 2.24) is 15.4 Å². The SMILES string of the molecule is Cl.O=C(NCCS(=O)(=O)NCc1ccccc1)C1CC12CCNCC2. The third-order valence-corrected chi connectivity index (χ3v) is 6.44. The van der Waals surface area contributed by atoms with Gasteiger partial charge >= 0.3 is 0 Å². The normalized spacial score (nSPS) is 21.4. The van der Waals surface area contributed by atoms with Crippen molar-refractivity contribution in [2.45, 2.75) is 25.8 Å². The average Bonchev–Trinajstić information content (AvgIpc) is 3.28. The molecule has 1 unspecified atom stereocenters. The minimum atomic E-state index is -3.39. The number of hydrogen-bond donors (Lipinski definition) is 3. The maximum Gasteiger partial charge on any atom is 0.223 e. The summed E-state index contributed by atoms with van der Waals surface area (Å²) in [6, 6.07) is 9.37. The number of amides is 1. The third-order valence-electron chi connectivity index (χ3n) is 5.11. The predicted molar refractivity (Wildman–Crippen MR) is 100.0 cm³/mol. The van der Waals surface area contributed by atoms with Gasteiger partial charge in [-0.25, -0.2) is 13.1 Å². The largest absolute Gasteiger partial charge is 0.355 e. The van der Waals surface area contributed by atoms with Gasteiger partial charge in [0.1, 0.15) is 0 Å². The van der Waals surface area contributed by atoms with E-state index in [-0.39, 0.29) is 48.5 Å². The van der Waals surface area contributed by atoms with Gasteiger partial charge < -0.3 is 10.6 Å². The molecule has 1 aromatic carbocycles. The van der Waals surface area contributed by atoms with E-state index in [0.717, 1.165) is 37.9 Å². The summed E-state index contributed by atoms with van der Waals surface area (Å²) in [5.74, 6) is -0.0120. The smallest absolute Gasteiger partial charge is 0.223 e. The Balaban J connectivity index is 0.00000225. The molecule has 1 spiro atoms. The van der Waals surface area contributed by atoms with Gasteiger partial charge in [0.2, 0.25) is 15.9 Å². The van der Waals surface area contributed by atoms with Crippen LogP contribution in [0.1, 0.15) is 24.8 Å². The van der Waals surface area contributed by atoms with Crippen molar-refractivity contribution >= 4 is 28.3 Å². The Morgan fingerprint density at radius 3 is 2.56 bits per heavy atom. The molecule has 1 saturated carbocycles. The summed E-state index contributed by atoms with van der Waals surface area (Å²) in [6.45, 7) is 2.38. The minimum absolute atomic E-state index is 0. The molecule has 6 nitrogen and oxygen atoms in total. The third kappa shape index (κ3) is 5.41. The van der Waals surface area contributed by atoms with Crippen LogP contribution in [-0.4, -0.2) is 39.7 Å². The van der Waals surface area contributed by atoms with Gasteiger partial charge in [-0.15, -0.1) is 12.4 Å². The van der Waals surface area contributed by atoms with Crippen molar-refractivity contribution in [2.75, 3.05) is 25.4 Å². The summed E-state index contributed by atoms with van der Waals surface area (Å²) < 4.78 is 26.6. The summed E-state index contributed by atoms with van der Waals surface area (Å²) in [5.41, 5.74) is 1.09. The van der Waals surface area contributed by atoms with E-state index in [1.54, 1.807) is 0 Å². The van der Waals surface area contributed by atoms with Crippen LogP contribution >= 0.6 is 12.4 Å². The monoisotopic (exact) mass is 387 g/mol. The lowest BCUT2D eigenvalue weighted by Gasteiger charge is -2.23. The molecule has 0 radical (unpaired) electrons. The molecule has 3 N–H and O–H groups in total. The number of piperidine rings is 1. The van der Waals surface area contributed by atoms with E-state index in [9.17, 15) is 13.2 Å². The number of rotatable bonds is 7. The van der Waals surface area contributed by atoms with E-state index in [1.165, 1.54) is 0 Å². The van der Waals surface area contributed by atoms with E-state index in [2.05, 4.69) is 15.4 Å². The Labute approximate surface area is 155 Å². The van der Waals surface area contributed by atoms with Crippen LogP contribution in [0, 0.1) is 11.3 Å². The maximum atomic E-state index is 12.2. The molecule has 1 amide bonds. The number of carbonyl (C=O) groups excluding carboxylic acids is 1. The van der Waals surface area contributed by atoms with Crippen molar-refractivity contribution in [1.29, 1.82) is 0 Å². The van der Waals surface area contributed by atoms with Crippen molar-refractivity contribution in [3.8, 4) is 0 Å². The molecule has 0 bridgehead atoms. The lowest BCUT2D eigenvalue weighted by Crippen LogP contribution is -2.37. The summed E-state index contributed by atoms with van der Waals surface area (Å²) in [6.07, 6.45) is 3.03. The number of sulfonamides is 1. The quantitative estimate of drug-likeness (QED) is 0.652. The van der Waals surface area contributed by atoms with Gasteiger partial charge in [-0.3, -0.25) is 4.79 Å². The minimum Gasteiger partial charge on any atom is -0.355 e. The van der Waals surface area contributed by atoms with Crippen LogP contribution < -0.4 is 15.4 Å². The number of benzene rings is 1. The van der Waals surface area contributed by atoms with Gasteiger partial charge in [-0.05, 0) is 43.3 Å². The summed E-state index contributed by atoms with van der Waals surface area (Å²) >= 11 is 0. The second kappa shape index (κ2) is 8.49. The van der Waals surface area contributed by atoms with Crippen LogP contribution in [0.15, 0.2) is 30.3 Å². The van der Waals surface area contributed by atoms with E-state index in [0.29, 0.717) is 0 Å². The van der Waals surface area contributed by atoms with Crippen LogP contribution in [0.25, 0.3) is 0 Å². The molecule has 1 aromatic rings. The Bertz CT molecular complexity index is 676. The number of halogens is 1. The fourth-order valence-corrected chi connectivity index (χ4v) is 4.39. The first-order valence-corrected chi connectivity index (χ1v) is 10.2. The molecular weight excluding hydrogens is 362 g/mol. The Morgan fingerprint density at radius 2 is 1.88 bits per heavy atom. The van der Waals surface area contributed by atoms with E-state index in [4.69, 9.17) is 0 Å². The molecule has 2 aliphatic rings.